The summed E-state index contributed by atoms with van der Waals surface area (Å²) in [6.07, 6.45) is 3.45. The average Bonchev–Trinajstić information content (AvgIpc) is 3.44. The van der Waals surface area contributed by atoms with E-state index in [1.807, 2.05) is 24.3 Å². The second-order valence-corrected chi connectivity index (χ2v) is 9.95. The van der Waals surface area contributed by atoms with Crippen molar-refractivity contribution < 1.29 is 23.1 Å². The molecule has 0 saturated carbocycles. The highest BCUT2D eigenvalue weighted by Crippen LogP contribution is 2.24. The van der Waals surface area contributed by atoms with E-state index in [2.05, 4.69) is 10.3 Å². The predicted octanol–water partition coefficient (Wildman–Crippen LogP) is 2.69. The fraction of sp³-hybridized carbons (Fsp3) is 0.304. The van der Waals surface area contributed by atoms with Crippen LogP contribution in [0, 0.1) is 6.92 Å². The molecule has 1 fully saturated rings. The lowest BCUT2D eigenvalue weighted by Crippen LogP contribution is -2.42. The average molecular weight is 456 g/mol. The summed E-state index contributed by atoms with van der Waals surface area (Å²) >= 11 is 0. The van der Waals surface area contributed by atoms with Crippen molar-refractivity contribution in [2.75, 3.05) is 13.1 Å². The van der Waals surface area contributed by atoms with Crippen LogP contribution in [0.1, 0.15) is 34.3 Å². The molecule has 0 radical (unpaired) electrons. The first kappa shape index (κ1) is 22.0. The van der Waals surface area contributed by atoms with Crippen LogP contribution in [-0.4, -0.2) is 53.8 Å². The lowest BCUT2D eigenvalue weighted by molar-refractivity contribution is -0.139. The van der Waals surface area contributed by atoms with E-state index in [0.717, 1.165) is 29.3 Å². The summed E-state index contributed by atoms with van der Waals surface area (Å²) < 4.78 is 27.2. The van der Waals surface area contributed by atoms with Gasteiger partial charge >= 0.3 is 5.97 Å². The number of amides is 1. The molecule has 1 amide bonds. The Balaban J connectivity index is 1.58. The Morgan fingerprint density at radius 2 is 1.88 bits per heavy atom. The molecule has 1 aliphatic rings. The number of hydrogen-bond donors (Lipinski definition) is 3. The van der Waals surface area contributed by atoms with Gasteiger partial charge in [-0.1, -0.05) is 24.3 Å². The van der Waals surface area contributed by atoms with Crippen LogP contribution in [-0.2, 0) is 21.2 Å². The zero-order valence-electron chi connectivity index (χ0n) is 17.7. The highest BCUT2D eigenvalue weighted by atomic mass is 32.2. The molecule has 2 aromatic carbocycles. The molecule has 0 spiro atoms. The van der Waals surface area contributed by atoms with Gasteiger partial charge in [0.25, 0.3) is 5.91 Å². The Hall–Kier alpha value is -3.17. The number of nitrogens with one attached hydrogen (secondary N) is 2. The maximum absolute atomic E-state index is 13.0. The lowest BCUT2D eigenvalue weighted by Gasteiger charge is -2.18. The van der Waals surface area contributed by atoms with Crippen LogP contribution in [0.5, 0.6) is 0 Å². The molecule has 8 nitrogen and oxygen atoms in total. The van der Waals surface area contributed by atoms with Gasteiger partial charge in [-0.3, -0.25) is 4.79 Å². The van der Waals surface area contributed by atoms with Crippen LogP contribution in [0.3, 0.4) is 0 Å². The summed E-state index contributed by atoms with van der Waals surface area (Å²) in [7, 11) is -3.69. The number of carboxylic acids is 1. The minimum atomic E-state index is -3.69. The van der Waals surface area contributed by atoms with Crippen molar-refractivity contribution in [3.8, 4) is 0 Å². The number of H-pyrrole nitrogens is 1. The number of sulfonamides is 1. The summed E-state index contributed by atoms with van der Waals surface area (Å²) in [5, 5.41) is 13.2. The predicted molar refractivity (Wildman–Crippen MR) is 120 cm³/mol. The van der Waals surface area contributed by atoms with E-state index in [0.29, 0.717) is 18.7 Å². The van der Waals surface area contributed by atoms with Gasteiger partial charge in [0.2, 0.25) is 10.0 Å². The minimum Gasteiger partial charge on any atom is -0.480 e. The molecular weight excluding hydrogens is 430 g/mol. The number of aliphatic carboxylic acids is 1. The highest BCUT2D eigenvalue weighted by molar-refractivity contribution is 7.89. The third-order valence-corrected chi connectivity index (χ3v) is 7.75. The number of hydrogen-bond acceptors (Lipinski definition) is 4. The minimum absolute atomic E-state index is 0.0404. The second kappa shape index (κ2) is 8.76. The van der Waals surface area contributed by atoms with E-state index in [1.54, 1.807) is 19.2 Å². The van der Waals surface area contributed by atoms with Gasteiger partial charge in [-0.25, -0.2) is 13.2 Å². The van der Waals surface area contributed by atoms with Crippen LogP contribution >= 0.6 is 0 Å². The van der Waals surface area contributed by atoms with Gasteiger partial charge in [-0.15, -0.1) is 0 Å². The van der Waals surface area contributed by atoms with Gasteiger partial charge in [0, 0.05) is 42.2 Å². The number of carboxylic acid groups (broad SMARTS) is 1. The molecule has 1 aromatic heterocycles. The number of fused-ring (bicyclic) bond motifs is 1. The first-order valence-electron chi connectivity index (χ1n) is 10.5. The molecule has 0 bridgehead atoms. The summed E-state index contributed by atoms with van der Waals surface area (Å²) in [4.78, 5) is 28.0. The number of carbonyl (C=O) groups excluding carboxylic acids is 1. The van der Waals surface area contributed by atoms with Gasteiger partial charge < -0.3 is 15.4 Å². The largest absolute Gasteiger partial charge is 0.480 e. The van der Waals surface area contributed by atoms with Crippen LogP contribution < -0.4 is 5.32 Å². The fourth-order valence-electron chi connectivity index (χ4n) is 4.04. The molecule has 3 N–H and O–H groups in total. The molecule has 9 heteroatoms. The molecule has 32 heavy (non-hydrogen) atoms. The van der Waals surface area contributed by atoms with Crippen LogP contribution in [0.25, 0.3) is 10.9 Å². The molecule has 2 heterocycles. The molecule has 168 valence electrons. The number of benzene rings is 2. The van der Waals surface area contributed by atoms with Crippen LogP contribution in [0.15, 0.2) is 53.6 Å². The first-order valence-corrected chi connectivity index (χ1v) is 11.9. The summed E-state index contributed by atoms with van der Waals surface area (Å²) in [6, 6.07) is 10.8. The van der Waals surface area contributed by atoms with Crippen molar-refractivity contribution in [1.82, 2.24) is 14.6 Å². The van der Waals surface area contributed by atoms with Crippen molar-refractivity contribution in [3.63, 3.8) is 0 Å². The smallest absolute Gasteiger partial charge is 0.326 e. The van der Waals surface area contributed by atoms with Gasteiger partial charge in [0.15, 0.2) is 0 Å². The van der Waals surface area contributed by atoms with Gasteiger partial charge in [-0.2, -0.15) is 4.31 Å². The summed E-state index contributed by atoms with van der Waals surface area (Å²) in [6.45, 7) is 2.61. The standard InChI is InChI=1S/C23H25N3O5S/c1-15-8-9-17(32(30,31)26-10-4-5-11-26)13-19(15)22(27)25-21(23(28)29)12-16-14-24-20-7-3-2-6-18(16)20/h2-3,6-9,13-14,21,24H,4-5,10-12H2,1H3,(H,25,27)(H,28,29). The van der Waals surface area contributed by atoms with Crippen molar-refractivity contribution in [3.05, 3.63) is 65.4 Å². The van der Waals surface area contributed by atoms with Gasteiger partial charge in [-0.05, 0) is 49.1 Å². The molecule has 1 saturated heterocycles. The number of nitrogens with zero attached hydrogens (tertiary/aromatic N) is 1. The maximum atomic E-state index is 13.0. The Bertz CT molecular complexity index is 1280. The molecule has 1 unspecified atom stereocenters. The third kappa shape index (κ3) is 4.26. The van der Waals surface area contributed by atoms with E-state index in [1.165, 1.54) is 16.4 Å². The number of para-hydroxylation sites is 1. The third-order valence-electron chi connectivity index (χ3n) is 5.86. The molecule has 1 aliphatic heterocycles. The first-order chi connectivity index (χ1) is 15.3. The molecule has 3 aromatic rings. The summed E-state index contributed by atoms with van der Waals surface area (Å²) in [5.41, 5.74) is 2.37. The molecular formula is C23H25N3O5S. The number of aromatic amines is 1. The number of aromatic nitrogens is 1. The topological polar surface area (TPSA) is 120 Å². The van der Waals surface area contributed by atoms with Gasteiger partial charge in [0.1, 0.15) is 6.04 Å². The van der Waals surface area contributed by atoms with E-state index >= 15 is 0 Å². The van der Waals surface area contributed by atoms with E-state index < -0.39 is 27.9 Å². The number of carbonyl (C=O) groups is 2. The quantitative estimate of drug-likeness (QED) is 0.506. The van der Waals surface area contributed by atoms with Crippen LogP contribution in [0.2, 0.25) is 0 Å². The van der Waals surface area contributed by atoms with Crippen molar-refractivity contribution >= 4 is 32.8 Å². The van der Waals surface area contributed by atoms with E-state index in [9.17, 15) is 23.1 Å². The Morgan fingerprint density at radius 3 is 2.59 bits per heavy atom. The molecule has 0 aliphatic carbocycles. The second-order valence-electron chi connectivity index (χ2n) is 8.02. The van der Waals surface area contributed by atoms with E-state index in [4.69, 9.17) is 0 Å². The molecule has 4 rings (SSSR count). The van der Waals surface area contributed by atoms with E-state index in [-0.39, 0.29) is 16.9 Å². The normalized spacial score (nSPS) is 15.7. The van der Waals surface area contributed by atoms with Gasteiger partial charge in [0.05, 0.1) is 4.90 Å². The number of rotatable bonds is 7. The zero-order valence-corrected chi connectivity index (χ0v) is 18.5. The highest BCUT2D eigenvalue weighted by Gasteiger charge is 2.29. The summed E-state index contributed by atoms with van der Waals surface area (Å²) in [5.74, 6) is -1.78. The SMILES string of the molecule is Cc1ccc(S(=O)(=O)N2CCCC2)cc1C(=O)NC(Cc1c[nH]c2ccccc12)C(=O)O. The Kier molecular flexibility index (Phi) is 6.03. The Morgan fingerprint density at radius 1 is 1.16 bits per heavy atom. The van der Waals surface area contributed by atoms with Crippen molar-refractivity contribution in [1.29, 1.82) is 0 Å². The molecule has 1 atom stereocenters. The maximum Gasteiger partial charge on any atom is 0.326 e. The van der Waals surface area contributed by atoms with Crippen molar-refractivity contribution in [2.24, 2.45) is 0 Å². The fourth-order valence-corrected chi connectivity index (χ4v) is 5.58. The van der Waals surface area contributed by atoms with Crippen LogP contribution in [0.4, 0.5) is 0 Å². The number of aryl methyl sites for hydroxylation is 1. The lowest BCUT2D eigenvalue weighted by atomic mass is 10.0. The zero-order chi connectivity index (χ0) is 22.9. The monoisotopic (exact) mass is 455 g/mol. The van der Waals surface area contributed by atoms with Crippen molar-refractivity contribution in [2.45, 2.75) is 37.1 Å². The Labute approximate surface area is 186 Å².